The van der Waals surface area contributed by atoms with E-state index >= 15 is 0 Å². The molecular weight excluding hydrogens is 430 g/mol. The summed E-state index contributed by atoms with van der Waals surface area (Å²) in [6.45, 7) is 1.36. The summed E-state index contributed by atoms with van der Waals surface area (Å²) >= 11 is 6.95. The maximum atomic E-state index is 12.7. The molecule has 0 bridgehead atoms. The van der Waals surface area contributed by atoms with Gasteiger partial charge < -0.3 is 10.2 Å². The van der Waals surface area contributed by atoms with Crippen LogP contribution in [-0.2, 0) is 21.4 Å². The first-order valence-electron chi connectivity index (χ1n) is 9.54. The summed E-state index contributed by atoms with van der Waals surface area (Å²) in [5.74, 6) is 0.206. The lowest BCUT2D eigenvalue weighted by molar-refractivity contribution is -0.122. The molecule has 29 heavy (non-hydrogen) atoms. The highest BCUT2D eigenvalue weighted by molar-refractivity contribution is 7.91. The van der Waals surface area contributed by atoms with Gasteiger partial charge in [-0.05, 0) is 48.6 Å². The zero-order valence-electron chi connectivity index (χ0n) is 16.6. The second-order valence-electron chi connectivity index (χ2n) is 7.45. The minimum atomic E-state index is -3.49. The number of piperidine rings is 1. The van der Waals surface area contributed by atoms with Crippen molar-refractivity contribution in [1.82, 2.24) is 9.62 Å². The van der Waals surface area contributed by atoms with Crippen molar-refractivity contribution in [2.75, 3.05) is 32.1 Å². The Kier molecular flexibility index (Phi) is 7.21. The molecule has 158 valence electrons. The van der Waals surface area contributed by atoms with Gasteiger partial charge in [0, 0.05) is 45.8 Å². The van der Waals surface area contributed by atoms with Crippen LogP contribution in [0, 0.1) is 5.92 Å². The number of nitrogens with one attached hydrogen (secondary N) is 1. The summed E-state index contributed by atoms with van der Waals surface area (Å²) in [5, 5.41) is 2.97. The van der Waals surface area contributed by atoms with Gasteiger partial charge in [0.15, 0.2) is 0 Å². The van der Waals surface area contributed by atoms with Crippen molar-refractivity contribution in [3.8, 4) is 0 Å². The number of carbonyl (C=O) groups is 1. The second kappa shape index (κ2) is 9.47. The van der Waals surface area contributed by atoms with E-state index in [0.717, 1.165) is 22.6 Å². The van der Waals surface area contributed by atoms with E-state index in [9.17, 15) is 13.2 Å². The molecule has 9 heteroatoms. The molecule has 0 atom stereocenters. The molecule has 3 rings (SSSR count). The Morgan fingerprint density at radius 2 is 1.83 bits per heavy atom. The average molecular weight is 456 g/mol. The van der Waals surface area contributed by atoms with Crippen molar-refractivity contribution in [2.24, 2.45) is 5.92 Å². The van der Waals surface area contributed by atoms with Crippen LogP contribution in [0.4, 0.5) is 5.69 Å². The maximum absolute atomic E-state index is 12.7. The number of nitrogens with zero attached hydrogens (tertiary/aromatic N) is 2. The van der Waals surface area contributed by atoms with E-state index in [1.54, 1.807) is 12.1 Å². The van der Waals surface area contributed by atoms with Gasteiger partial charge in [-0.2, -0.15) is 4.31 Å². The highest BCUT2D eigenvalue weighted by atomic mass is 35.5. The van der Waals surface area contributed by atoms with E-state index in [1.807, 2.05) is 43.3 Å². The van der Waals surface area contributed by atoms with E-state index < -0.39 is 10.0 Å². The van der Waals surface area contributed by atoms with Crippen molar-refractivity contribution in [3.05, 3.63) is 46.3 Å². The molecule has 0 radical (unpaired) electrons. The number of rotatable bonds is 7. The Hall–Kier alpha value is -1.61. The van der Waals surface area contributed by atoms with Crippen LogP contribution in [0.25, 0.3) is 0 Å². The van der Waals surface area contributed by atoms with Crippen molar-refractivity contribution in [3.63, 3.8) is 0 Å². The largest absolute Gasteiger partial charge is 0.378 e. The van der Waals surface area contributed by atoms with Gasteiger partial charge >= 0.3 is 0 Å². The number of sulfonamides is 1. The van der Waals surface area contributed by atoms with E-state index in [1.165, 1.54) is 4.31 Å². The molecule has 0 aliphatic carbocycles. The number of hydrogen-bond acceptors (Lipinski definition) is 5. The molecule has 2 aromatic rings. The predicted octanol–water partition coefficient (Wildman–Crippen LogP) is 3.57. The Balaban J connectivity index is 1.45. The van der Waals surface area contributed by atoms with Crippen LogP contribution in [0.2, 0.25) is 4.34 Å². The summed E-state index contributed by atoms with van der Waals surface area (Å²) in [5.41, 5.74) is 2.17. The molecule has 1 amide bonds. The van der Waals surface area contributed by atoms with Crippen LogP contribution in [0.1, 0.15) is 24.8 Å². The lowest BCUT2D eigenvalue weighted by atomic mass is 9.94. The summed E-state index contributed by atoms with van der Waals surface area (Å²) in [6, 6.07) is 11.2. The van der Waals surface area contributed by atoms with Crippen molar-refractivity contribution < 1.29 is 13.2 Å². The number of benzene rings is 1. The fraction of sp³-hybridized carbons (Fsp3) is 0.450. The molecule has 0 spiro atoms. The number of thiophene rings is 1. The highest BCUT2D eigenvalue weighted by Crippen LogP contribution is 2.31. The third kappa shape index (κ3) is 5.72. The molecule has 6 nitrogen and oxygen atoms in total. The molecule has 2 heterocycles. The van der Waals surface area contributed by atoms with Gasteiger partial charge in [0.2, 0.25) is 5.91 Å². The molecular formula is C20H26ClN3O3S2. The minimum Gasteiger partial charge on any atom is -0.378 e. The topological polar surface area (TPSA) is 69.7 Å². The standard InChI is InChI=1S/C20H26ClN3O3S2/c1-23(2)17-5-3-16(4-6-17)14-22-19(25)13-15-9-11-24(12-10-15)29(26,27)20-8-7-18(21)28-20/h3-8,15H,9-14H2,1-2H3,(H,22,25). The van der Waals surface area contributed by atoms with Gasteiger partial charge in [-0.15, -0.1) is 11.3 Å². The Bertz CT molecular complexity index is 934. The van der Waals surface area contributed by atoms with E-state index in [4.69, 9.17) is 11.6 Å². The summed E-state index contributed by atoms with van der Waals surface area (Å²) in [4.78, 5) is 14.3. The third-order valence-corrected chi connectivity index (χ3v) is 8.73. The molecule has 1 aromatic carbocycles. The Labute approximate surface area is 181 Å². The second-order valence-corrected chi connectivity index (χ2v) is 11.3. The van der Waals surface area contributed by atoms with Crippen molar-refractivity contribution in [1.29, 1.82) is 0 Å². The van der Waals surface area contributed by atoms with Gasteiger partial charge in [-0.1, -0.05) is 23.7 Å². The lowest BCUT2D eigenvalue weighted by Crippen LogP contribution is -2.39. The van der Waals surface area contributed by atoms with Gasteiger partial charge in [0.1, 0.15) is 4.21 Å². The predicted molar refractivity (Wildman–Crippen MR) is 118 cm³/mol. The fourth-order valence-corrected chi connectivity index (χ4v) is 6.47. The Morgan fingerprint density at radius 3 is 2.38 bits per heavy atom. The first kappa shape index (κ1) is 22.1. The summed E-state index contributed by atoms with van der Waals surface area (Å²) in [6.07, 6.45) is 1.79. The maximum Gasteiger partial charge on any atom is 0.252 e. The molecule has 1 aromatic heterocycles. The normalized spacial score (nSPS) is 16.0. The number of hydrogen-bond donors (Lipinski definition) is 1. The van der Waals surface area contributed by atoms with E-state index in [0.29, 0.717) is 43.2 Å². The quantitative estimate of drug-likeness (QED) is 0.692. The lowest BCUT2D eigenvalue weighted by Gasteiger charge is -2.30. The van der Waals surface area contributed by atoms with Crippen molar-refractivity contribution in [2.45, 2.75) is 30.0 Å². The SMILES string of the molecule is CN(C)c1ccc(CNC(=O)CC2CCN(S(=O)(=O)c3ccc(Cl)s3)CC2)cc1. The minimum absolute atomic E-state index is 0.00744. The van der Waals surface area contributed by atoms with E-state index in [-0.39, 0.29) is 16.0 Å². The average Bonchev–Trinajstić information content (AvgIpc) is 3.14. The molecule has 1 fully saturated rings. The van der Waals surface area contributed by atoms with Crippen LogP contribution in [0.3, 0.4) is 0 Å². The Morgan fingerprint density at radius 1 is 1.17 bits per heavy atom. The van der Waals surface area contributed by atoms with Gasteiger partial charge in [0.05, 0.1) is 4.34 Å². The molecule has 1 saturated heterocycles. The summed E-state index contributed by atoms with van der Waals surface area (Å²) in [7, 11) is 0.492. The summed E-state index contributed by atoms with van der Waals surface area (Å²) < 4.78 is 27.5. The van der Waals surface area contributed by atoms with E-state index in [2.05, 4.69) is 5.32 Å². The smallest absolute Gasteiger partial charge is 0.252 e. The molecule has 1 aliphatic rings. The van der Waals surface area contributed by atoms with Crippen LogP contribution < -0.4 is 10.2 Å². The van der Waals surface area contributed by atoms with Crippen LogP contribution in [-0.4, -0.2) is 45.8 Å². The first-order valence-corrected chi connectivity index (χ1v) is 12.2. The third-order valence-electron chi connectivity index (χ3n) is 5.13. The monoisotopic (exact) mass is 455 g/mol. The highest BCUT2D eigenvalue weighted by Gasteiger charge is 2.31. The molecule has 1 N–H and O–H groups in total. The zero-order chi connectivity index (χ0) is 21.0. The molecule has 0 unspecified atom stereocenters. The number of anilines is 1. The van der Waals surface area contributed by atoms with Crippen LogP contribution >= 0.6 is 22.9 Å². The number of carbonyl (C=O) groups excluding carboxylic acids is 1. The molecule has 1 aliphatic heterocycles. The molecule has 0 saturated carbocycles. The number of amides is 1. The van der Waals surface area contributed by atoms with Crippen LogP contribution in [0.15, 0.2) is 40.6 Å². The van der Waals surface area contributed by atoms with Gasteiger partial charge in [0.25, 0.3) is 10.0 Å². The van der Waals surface area contributed by atoms with Crippen molar-refractivity contribution >= 4 is 44.6 Å². The van der Waals surface area contributed by atoms with Gasteiger partial charge in [-0.3, -0.25) is 4.79 Å². The first-order chi connectivity index (χ1) is 13.8. The van der Waals surface area contributed by atoms with Gasteiger partial charge in [-0.25, -0.2) is 8.42 Å². The van der Waals surface area contributed by atoms with Crippen LogP contribution in [0.5, 0.6) is 0 Å². The number of halogens is 1. The fourth-order valence-electron chi connectivity index (χ4n) is 3.36. The zero-order valence-corrected chi connectivity index (χ0v) is 19.0.